The Bertz CT molecular complexity index is 1190. The van der Waals surface area contributed by atoms with E-state index in [-0.39, 0.29) is 22.5 Å². The first-order chi connectivity index (χ1) is 13.7. The number of hydrogen-bond acceptors (Lipinski definition) is 6. The van der Waals surface area contributed by atoms with E-state index >= 15 is 0 Å². The summed E-state index contributed by atoms with van der Waals surface area (Å²) in [5.41, 5.74) is 0.364. The van der Waals surface area contributed by atoms with Crippen LogP contribution in [0.1, 0.15) is 25.7 Å². The number of halogens is 1. The average molecular weight is 454 g/mol. The van der Waals surface area contributed by atoms with Crippen LogP contribution in [0.5, 0.6) is 0 Å². The Labute approximate surface area is 175 Å². The van der Waals surface area contributed by atoms with Gasteiger partial charge in [-0.3, -0.25) is 0 Å². The van der Waals surface area contributed by atoms with Crippen molar-refractivity contribution in [1.82, 2.24) is 4.98 Å². The Kier molecular flexibility index (Phi) is 6.16. The molecule has 0 aliphatic heterocycles. The molecule has 1 aliphatic carbocycles. The minimum absolute atomic E-state index is 0.0112. The molecule has 3 rings (SSSR count). The smallest absolute Gasteiger partial charge is 0.258 e. The number of hydrogen-bond donors (Lipinski definition) is 0. The molecule has 1 aromatic carbocycles. The van der Waals surface area contributed by atoms with Gasteiger partial charge in [0.25, 0.3) is 5.09 Å². The Balaban J connectivity index is 2.20. The fraction of sp³-hybridized carbons (Fsp3) is 0.250. The third kappa shape index (κ3) is 4.71. The third-order valence-corrected chi connectivity index (χ3v) is 8.13. The standard InChI is InChI=1S/C20H20ClNO5S2/c1-3-5-6-15(4-2)18-22-19(20(27-18)28(23,24)13-14-7-8-14)29(25,26)17-11-9-16(21)10-12-17/h3-6,9-12,14H,2,7-8,13H2,1H3/b5-3-,15-6+. The van der Waals surface area contributed by atoms with Gasteiger partial charge in [0.15, 0.2) is 0 Å². The summed E-state index contributed by atoms with van der Waals surface area (Å²) in [6.45, 7) is 5.46. The number of allylic oxidation sites excluding steroid dienone is 5. The van der Waals surface area contributed by atoms with Crippen molar-refractivity contribution in [3.8, 4) is 0 Å². The van der Waals surface area contributed by atoms with Gasteiger partial charge in [0.1, 0.15) is 0 Å². The van der Waals surface area contributed by atoms with Crippen LogP contribution in [-0.4, -0.2) is 27.6 Å². The second kappa shape index (κ2) is 8.30. The number of nitrogens with zero attached hydrogens (tertiary/aromatic N) is 1. The molecule has 1 fully saturated rings. The van der Waals surface area contributed by atoms with Crippen LogP contribution in [0.2, 0.25) is 5.02 Å². The zero-order chi connectivity index (χ0) is 21.2. The van der Waals surface area contributed by atoms with Gasteiger partial charge in [0.05, 0.1) is 10.6 Å². The number of rotatable bonds is 8. The number of sulfone groups is 2. The van der Waals surface area contributed by atoms with E-state index in [2.05, 4.69) is 11.6 Å². The van der Waals surface area contributed by atoms with Crippen LogP contribution in [0.4, 0.5) is 0 Å². The highest BCUT2D eigenvalue weighted by molar-refractivity contribution is 7.94. The van der Waals surface area contributed by atoms with Crippen molar-refractivity contribution in [3.63, 3.8) is 0 Å². The summed E-state index contributed by atoms with van der Waals surface area (Å²) in [5, 5.41) is -0.902. The van der Waals surface area contributed by atoms with Gasteiger partial charge in [0.2, 0.25) is 30.6 Å². The summed E-state index contributed by atoms with van der Waals surface area (Å²) in [5.74, 6) is -0.288. The summed E-state index contributed by atoms with van der Waals surface area (Å²) in [4.78, 5) is 3.94. The first-order valence-electron chi connectivity index (χ1n) is 8.89. The molecule has 0 N–H and O–H groups in total. The van der Waals surface area contributed by atoms with Gasteiger partial charge in [-0.05, 0) is 56.0 Å². The van der Waals surface area contributed by atoms with Crippen LogP contribution in [0.25, 0.3) is 5.57 Å². The summed E-state index contributed by atoms with van der Waals surface area (Å²) in [6, 6.07) is 5.42. The third-order valence-electron chi connectivity index (χ3n) is 4.32. The molecule has 1 heterocycles. The maximum Gasteiger partial charge on any atom is 0.258 e. The molecule has 0 bridgehead atoms. The molecule has 29 heavy (non-hydrogen) atoms. The van der Waals surface area contributed by atoms with Crippen LogP contribution >= 0.6 is 11.6 Å². The molecular formula is C20H20ClNO5S2. The van der Waals surface area contributed by atoms with E-state index in [9.17, 15) is 16.8 Å². The lowest BCUT2D eigenvalue weighted by Gasteiger charge is -2.04. The van der Waals surface area contributed by atoms with Gasteiger partial charge >= 0.3 is 0 Å². The van der Waals surface area contributed by atoms with E-state index in [0.717, 1.165) is 12.8 Å². The van der Waals surface area contributed by atoms with Crippen LogP contribution in [0, 0.1) is 5.92 Å². The summed E-state index contributed by atoms with van der Waals surface area (Å²) in [7, 11) is -8.23. The molecule has 154 valence electrons. The fourth-order valence-electron chi connectivity index (χ4n) is 2.60. The first kappa shape index (κ1) is 21.5. The van der Waals surface area contributed by atoms with Crippen molar-refractivity contribution < 1.29 is 21.3 Å². The van der Waals surface area contributed by atoms with E-state index in [4.69, 9.17) is 16.0 Å². The molecular weight excluding hydrogens is 434 g/mol. The van der Waals surface area contributed by atoms with Crippen molar-refractivity contribution in [1.29, 1.82) is 0 Å². The topological polar surface area (TPSA) is 94.3 Å². The lowest BCUT2D eigenvalue weighted by molar-refractivity contribution is 0.426. The van der Waals surface area contributed by atoms with Gasteiger partial charge in [-0.1, -0.05) is 36.4 Å². The van der Waals surface area contributed by atoms with Gasteiger partial charge in [-0.15, -0.1) is 0 Å². The second-order valence-electron chi connectivity index (χ2n) is 6.65. The molecule has 0 spiro atoms. The Morgan fingerprint density at radius 1 is 1.24 bits per heavy atom. The quantitative estimate of drug-likeness (QED) is 0.546. The van der Waals surface area contributed by atoms with Crippen LogP contribution in [0.15, 0.2) is 74.6 Å². The Hall–Kier alpha value is -2.16. The summed E-state index contributed by atoms with van der Waals surface area (Å²) >= 11 is 5.84. The molecule has 0 radical (unpaired) electrons. The van der Waals surface area contributed by atoms with Crippen molar-refractivity contribution in [2.45, 2.75) is 34.8 Å². The van der Waals surface area contributed by atoms with E-state index in [0.29, 0.717) is 10.6 Å². The number of benzene rings is 1. The van der Waals surface area contributed by atoms with Crippen LogP contribution in [0.3, 0.4) is 0 Å². The molecule has 0 unspecified atom stereocenters. The van der Waals surface area contributed by atoms with Crippen molar-refractivity contribution in [2.75, 3.05) is 5.75 Å². The monoisotopic (exact) mass is 453 g/mol. The molecule has 1 aliphatic rings. The lowest BCUT2D eigenvalue weighted by Crippen LogP contribution is -2.13. The molecule has 1 aromatic heterocycles. The first-order valence-corrected chi connectivity index (χ1v) is 12.4. The van der Waals surface area contributed by atoms with Crippen molar-refractivity contribution >= 4 is 36.8 Å². The SMILES string of the molecule is C=C/C(=C\C=C/C)c1nc(S(=O)(=O)c2ccc(Cl)cc2)c(S(=O)(=O)CC2CC2)o1. The van der Waals surface area contributed by atoms with Gasteiger partial charge in [-0.2, -0.15) is 4.98 Å². The molecule has 0 amide bonds. The molecule has 6 nitrogen and oxygen atoms in total. The van der Waals surface area contributed by atoms with Crippen LogP contribution < -0.4 is 0 Å². The normalized spacial score (nSPS) is 15.7. The average Bonchev–Trinajstić information content (AvgIpc) is 3.34. The van der Waals surface area contributed by atoms with E-state index in [1.807, 2.05) is 0 Å². The minimum atomic E-state index is -4.25. The molecule has 1 saturated carbocycles. The predicted octanol–water partition coefficient (Wildman–Crippen LogP) is 4.49. The number of oxazole rings is 1. The summed E-state index contributed by atoms with van der Waals surface area (Å²) < 4.78 is 57.6. The van der Waals surface area contributed by atoms with Gasteiger partial charge < -0.3 is 4.42 Å². The molecule has 0 saturated heterocycles. The summed E-state index contributed by atoms with van der Waals surface area (Å²) in [6.07, 6.45) is 8.04. The fourth-order valence-corrected chi connectivity index (χ4v) is 6.25. The Morgan fingerprint density at radius 2 is 1.90 bits per heavy atom. The van der Waals surface area contributed by atoms with E-state index in [1.165, 1.54) is 30.3 Å². The highest BCUT2D eigenvalue weighted by atomic mass is 35.5. The van der Waals surface area contributed by atoms with E-state index < -0.39 is 29.8 Å². The maximum atomic E-state index is 13.2. The highest BCUT2D eigenvalue weighted by Gasteiger charge is 2.38. The largest absolute Gasteiger partial charge is 0.423 e. The zero-order valence-corrected chi connectivity index (χ0v) is 18.1. The van der Waals surface area contributed by atoms with Crippen LogP contribution in [-0.2, 0) is 19.7 Å². The van der Waals surface area contributed by atoms with Gasteiger partial charge in [0, 0.05) is 10.6 Å². The van der Waals surface area contributed by atoms with Crippen molar-refractivity contribution in [2.24, 2.45) is 5.92 Å². The predicted molar refractivity (Wildman–Crippen MR) is 111 cm³/mol. The van der Waals surface area contributed by atoms with Crippen molar-refractivity contribution in [3.05, 3.63) is 66.1 Å². The highest BCUT2D eigenvalue weighted by Crippen LogP contribution is 2.36. The molecule has 9 heteroatoms. The maximum absolute atomic E-state index is 13.2. The minimum Gasteiger partial charge on any atom is -0.423 e. The molecule has 0 atom stereocenters. The second-order valence-corrected chi connectivity index (χ2v) is 10.9. The number of aromatic nitrogens is 1. The van der Waals surface area contributed by atoms with Gasteiger partial charge in [-0.25, -0.2) is 16.8 Å². The Morgan fingerprint density at radius 3 is 2.45 bits per heavy atom. The van der Waals surface area contributed by atoms with E-state index in [1.54, 1.807) is 25.2 Å². The molecule has 2 aromatic rings. The zero-order valence-electron chi connectivity index (χ0n) is 15.7. The lowest BCUT2D eigenvalue weighted by atomic mass is 10.2.